The highest BCUT2D eigenvalue weighted by Crippen LogP contribution is 2.22. The molecule has 0 spiro atoms. The summed E-state index contributed by atoms with van der Waals surface area (Å²) in [4.78, 5) is 38.1. The van der Waals surface area contributed by atoms with Crippen molar-refractivity contribution < 1.29 is 28.6 Å². The monoisotopic (exact) mass is 476 g/mol. The van der Waals surface area contributed by atoms with Crippen molar-refractivity contribution in [3.8, 4) is 0 Å². The van der Waals surface area contributed by atoms with E-state index in [4.69, 9.17) is 14.2 Å². The van der Waals surface area contributed by atoms with Crippen molar-refractivity contribution in [2.45, 2.75) is 70.8 Å². The van der Waals surface area contributed by atoms with Gasteiger partial charge in [0, 0.05) is 32.2 Å². The highest BCUT2D eigenvalue weighted by atomic mass is 16.6. The Bertz CT molecular complexity index is 813. The smallest absolute Gasteiger partial charge is 0.422 e. The number of nitrogens with one attached hydrogen (secondary N) is 2. The Morgan fingerprint density at radius 2 is 1.59 bits per heavy atom. The fourth-order valence-corrected chi connectivity index (χ4v) is 3.92. The predicted molar refractivity (Wildman–Crippen MR) is 125 cm³/mol. The van der Waals surface area contributed by atoms with Crippen LogP contribution in [0.4, 0.5) is 14.4 Å². The molecule has 3 amide bonds. The van der Waals surface area contributed by atoms with Crippen molar-refractivity contribution in [2.75, 3.05) is 26.2 Å². The summed E-state index contributed by atoms with van der Waals surface area (Å²) in [5, 5.41) is 4.63. The lowest BCUT2D eigenvalue weighted by Gasteiger charge is -2.34. The minimum atomic E-state index is -0.531. The molecule has 1 aliphatic carbocycles. The second-order valence-electron chi connectivity index (χ2n) is 9.65. The Morgan fingerprint density at radius 3 is 2.21 bits per heavy atom. The average Bonchev–Trinajstić information content (AvgIpc) is 2.78. The highest BCUT2D eigenvalue weighted by molar-refractivity contribution is 5.69. The molecule has 1 saturated heterocycles. The Kier molecular flexibility index (Phi) is 8.98. The number of benzene rings is 1. The van der Waals surface area contributed by atoms with Crippen LogP contribution in [-0.2, 0) is 20.8 Å². The van der Waals surface area contributed by atoms with E-state index >= 15 is 0 Å². The van der Waals surface area contributed by atoms with E-state index in [1.165, 1.54) is 0 Å². The van der Waals surface area contributed by atoms with E-state index in [9.17, 15) is 14.4 Å². The number of ether oxygens (including phenoxy) is 3. The molecular formula is C24H36N4O6. The second kappa shape index (κ2) is 11.9. The lowest BCUT2D eigenvalue weighted by atomic mass is 9.93. The molecule has 2 N–H and O–H groups in total. The van der Waals surface area contributed by atoms with Crippen LogP contribution in [0.2, 0.25) is 0 Å². The fraction of sp³-hybridized carbons (Fsp3) is 0.625. The SMILES string of the molecule is CC(C)(C)OC(=O)NC1CCC(OC(=O)NN2CCN(C(=O)OCc3ccccc3)CC2)CC1. The maximum Gasteiger partial charge on any atom is 0.422 e. The van der Waals surface area contributed by atoms with Gasteiger partial charge in [-0.25, -0.2) is 19.4 Å². The van der Waals surface area contributed by atoms with E-state index in [0.717, 1.165) is 18.4 Å². The number of piperazine rings is 1. The molecule has 0 unspecified atom stereocenters. The van der Waals surface area contributed by atoms with Gasteiger partial charge in [-0.2, -0.15) is 0 Å². The van der Waals surface area contributed by atoms with Crippen LogP contribution in [-0.4, -0.2) is 72.1 Å². The first-order valence-electron chi connectivity index (χ1n) is 11.9. The summed E-state index contributed by atoms with van der Waals surface area (Å²) in [7, 11) is 0. The van der Waals surface area contributed by atoms with E-state index in [-0.39, 0.29) is 24.8 Å². The molecule has 188 valence electrons. The number of alkyl carbamates (subject to hydrolysis) is 1. The summed E-state index contributed by atoms with van der Waals surface area (Å²) < 4.78 is 16.2. The maximum atomic E-state index is 12.3. The molecule has 2 fully saturated rings. The van der Waals surface area contributed by atoms with Gasteiger partial charge in [0.25, 0.3) is 0 Å². The average molecular weight is 477 g/mol. The molecule has 1 aromatic carbocycles. The largest absolute Gasteiger partial charge is 0.445 e. The van der Waals surface area contributed by atoms with Crippen LogP contribution in [0, 0.1) is 0 Å². The number of hydrazine groups is 1. The molecule has 0 atom stereocenters. The minimum absolute atomic E-state index is 0.0208. The molecule has 0 radical (unpaired) electrons. The van der Waals surface area contributed by atoms with Crippen LogP contribution in [0.1, 0.15) is 52.0 Å². The summed E-state index contributed by atoms with van der Waals surface area (Å²) in [6.07, 6.45) is 1.33. The number of hydrogen-bond donors (Lipinski definition) is 2. The Labute approximate surface area is 200 Å². The Balaban J connectivity index is 1.29. The molecule has 1 saturated carbocycles. The minimum Gasteiger partial charge on any atom is -0.445 e. The number of hydrogen-bond acceptors (Lipinski definition) is 7. The number of rotatable bonds is 5. The van der Waals surface area contributed by atoms with Crippen LogP contribution in [0.25, 0.3) is 0 Å². The molecular weight excluding hydrogens is 440 g/mol. The van der Waals surface area contributed by atoms with E-state index in [0.29, 0.717) is 39.0 Å². The van der Waals surface area contributed by atoms with Crippen molar-refractivity contribution in [2.24, 2.45) is 0 Å². The third-order valence-electron chi connectivity index (χ3n) is 5.66. The number of amides is 3. The molecule has 0 aromatic heterocycles. The van der Waals surface area contributed by atoms with Gasteiger partial charge in [-0.3, -0.25) is 5.43 Å². The van der Waals surface area contributed by atoms with E-state index in [1.807, 2.05) is 51.1 Å². The summed E-state index contributed by atoms with van der Waals surface area (Å²) in [5.41, 5.74) is 3.16. The Morgan fingerprint density at radius 1 is 0.941 bits per heavy atom. The molecule has 1 aliphatic heterocycles. The highest BCUT2D eigenvalue weighted by Gasteiger charge is 2.28. The fourth-order valence-electron chi connectivity index (χ4n) is 3.92. The molecule has 0 bridgehead atoms. The standard InChI is InChI=1S/C24H36N4O6/c1-24(2,3)34-21(29)25-19-9-11-20(12-10-19)33-22(30)26-28-15-13-27(14-16-28)23(31)32-17-18-7-5-4-6-8-18/h4-8,19-20H,9-17H2,1-3H3,(H,25,29)(H,26,30). The molecule has 10 nitrogen and oxygen atoms in total. The zero-order valence-electron chi connectivity index (χ0n) is 20.2. The summed E-state index contributed by atoms with van der Waals surface area (Å²) >= 11 is 0. The van der Waals surface area contributed by atoms with Gasteiger partial charge < -0.3 is 24.4 Å². The van der Waals surface area contributed by atoms with Gasteiger partial charge in [0.2, 0.25) is 0 Å². The van der Waals surface area contributed by atoms with Crippen LogP contribution >= 0.6 is 0 Å². The third-order valence-corrected chi connectivity index (χ3v) is 5.66. The molecule has 1 aromatic rings. The molecule has 3 rings (SSSR count). The van der Waals surface area contributed by atoms with Crippen molar-refractivity contribution in [3.05, 3.63) is 35.9 Å². The summed E-state index contributed by atoms with van der Waals surface area (Å²) in [6, 6.07) is 9.55. The van der Waals surface area contributed by atoms with Gasteiger partial charge in [-0.05, 0) is 52.0 Å². The van der Waals surface area contributed by atoms with Crippen LogP contribution in [0.3, 0.4) is 0 Å². The van der Waals surface area contributed by atoms with Crippen LogP contribution in [0.15, 0.2) is 30.3 Å². The van der Waals surface area contributed by atoms with Gasteiger partial charge in [0.15, 0.2) is 0 Å². The first-order valence-corrected chi connectivity index (χ1v) is 11.9. The van der Waals surface area contributed by atoms with Gasteiger partial charge in [-0.1, -0.05) is 30.3 Å². The second-order valence-corrected chi connectivity index (χ2v) is 9.65. The van der Waals surface area contributed by atoms with E-state index < -0.39 is 17.8 Å². The lowest BCUT2D eigenvalue weighted by molar-refractivity contribution is 0.0270. The third kappa shape index (κ3) is 8.74. The first kappa shape index (κ1) is 25.6. The normalized spacial score (nSPS) is 21.3. The topological polar surface area (TPSA) is 109 Å². The molecule has 10 heteroatoms. The molecule has 2 aliphatic rings. The van der Waals surface area contributed by atoms with Crippen molar-refractivity contribution in [1.29, 1.82) is 0 Å². The van der Waals surface area contributed by atoms with Gasteiger partial charge >= 0.3 is 18.3 Å². The molecule has 1 heterocycles. The zero-order valence-corrected chi connectivity index (χ0v) is 20.2. The predicted octanol–water partition coefficient (Wildman–Crippen LogP) is 3.42. The zero-order chi connectivity index (χ0) is 24.6. The van der Waals surface area contributed by atoms with Gasteiger partial charge in [-0.15, -0.1) is 0 Å². The van der Waals surface area contributed by atoms with E-state index in [2.05, 4.69) is 10.7 Å². The first-order chi connectivity index (χ1) is 16.2. The van der Waals surface area contributed by atoms with Crippen LogP contribution < -0.4 is 10.7 Å². The van der Waals surface area contributed by atoms with Crippen molar-refractivity contribution in [3.63, 3.8) is 0 Å². The van der Waals surface area contributed by atoms with Crippen molar-refractivity contribution >= 4 is 18.3 Å². The lowest BCUT2D eigenvalue weighted by Crippen LogP contribution is -2.55. The van der Waals surface area contributed by atoms with Crippen molar-refractivity contribution in [1.82, 2.24) is 20.7 Å². The van der Waals surface area contributed by atoms with Crippen LogP contribution in [0.5, 0.6) is 0 Å². The number of carbonyl (C=O) groups is 3. The quantitative estimate of drug-likeness (QED) is 0.627. The molecule has 34 heavy (non-hydrogen) atoms. The Hall–Kier alpha value is -3.01. The van der Waals surface area contributed by atoms with Gasteiger partial charge in [0.05, 0.1) is 0 Å². The number of nitrogens with zero attached hydrogens (tertiary/aromatic N) is 2. The summed E-state index contributed by atoms with van der Waals surface area (Å²) in [6.45, 7) is 7.60. The van der Waals surface area contributed by atoms with Gasteiger partial charge in [0.1, 0.15) is 18.3 Å². The number of carbonyl (C=O) groups excluding carboxylic acids is 3. The summed E-state index contributed by atoms with van der Waals surface area (Å²) in [5.74, 6) is 0. The van der Waals surface area contributed by atoms with E-state index in [1.54, 1.807) is 9.91 Å². The maximum absolute atomic E-state index is 12.3.